The van der Waals surface area contributed by atoms with Gasteiger partial charge in [0.1, 0.15) is 0 Å². The van der Waals surface area contributed by atoms with Gasteiger partial charge in [0, 0.05) is 11.0 Å². The Kier molecular flexibility index (Phi) is 5.57. The minimum absolute atomic E-state index is 0.0365. The van der Waals surface area contributed by atoms with E-state index in [1.807, 2.05) is 6.92 Å². The van der Waals surface area contributed by atoms with Crippen molar-refractivity contribution in [1.29, 1.82) is 0 Å². The van der Waals surface area contributed by atoms with Gasteiger partial charge in [0.15, 0.2) is 11.5 Å². The summed E-state index contributed by atoms with van der Waals surface area (Å²) in [4.78, 5) is 25.7. The summed E-state index contributed by atoms with van der Waals surface area (Å²) >= 11 is 7.52. The van der Waals surface area contributed by atoms with Crippen molar-refractivity contribution < 1.29 is 19.4 Å². The van der Waals surface area contributed by atoms with Crippen LogP contribution in [0.2, 0.25) is 0 Å². The van der Waals surface area contributed by atoms with Crippen molar-refractivity contribution in [3.8, 4) is 11.5 Å². The van der Waals surface area contributed by atoms with E-state index >= 15 is 0 Å². The van der Waals surface area contributed by atoms with Crippen LogP contribution in [0.25, 0.3) is 6.08 Å². The topological polar surface area (TPSA) is 66.8 Å². The molecule has 0 spiro atoms. The van der Waals surface area contributed by atoms with Crippen molar-refractivity contribution in [3.05, 3.63) is 25.5 Å². The number of phenolic OH excluding ortho intramolecular Hbond substituents is 1. The Balaban J connectivity index is 2.44. The normalized spacial score (nSPS) is 16.7. The van der Waals surface area contributed by atoms with Crippen LogP contribution in [0.15, 0.2) is 19.9 Å². The van der Waals surface area contributed by atoms with Gasteiger partial charge in [0.25, 0.3) is 11.1 Å². The molecule has 8 heteroatoms. The maximum atomic E-state index is 12.2. The number of rotatable bonds is 4. The van der Waals surface area contributed by atoms with E-state index in [4.69, 9.17) is 4.74 Å². The first-order chi connectivity index (χ1) is 10.4. The number of nitrogens with zero attached hydrogens (tertiary/aromatic N) is 1. The lowest BCUT2D eigenvalue weighted by Crippen LogP contribution is -2.28. The zero-order valence-electron chi connectivity index (χ0n) is 11.9. The third-order valence-electron chi connectivity index (χ3n) is 3.00. The lowest BCUT2D eigenvalue weighted by molar-refractivity contribution is -0.122. The van der Waals surface area contributed by atoms with Crippen molar-refractivity contribution in [3.63, 3.8) is 0 Å². The van der Waals surface area contributed by atoms with Crippen molar-refractivity contribution in [1.82, 2.24) is 4.90 Å². The fraction of sp³-hybridized carbons (Fsp3) is 0.286. The Morgan fingerprint density at radius 2 is 2.05 bits per heavy atom. The van der Waals surface area contributed by atoms with Gasteiger partial charge >= 0.3 is 0 Å². The molecule has 0 saturated carbocycles. The molecule has 0 aromatic heterocycles. The minimum atomic E-state index is -0.299. The Labute approximate surface area is 149 Å². The number of halogens is 2. The molecule has 1 fully saturated rings. The summed E-state index contributed by atoms with van der Waals surface area (Å²) < 4.78 is 6.09. The maximum absolute atomic E-state index is 12.2. The number of carbonyl (C=O) groups is 2. The summed E-state index contributed by atoms with van der Waals surface area (Å²) in [6.07, 6.45) is 2.32. The second kappa shape index (κ2) is 7.06. The fourth-order valence-electron chi connectivity index (χ4n) is 1.93. The largest absolute Gasteiger partial charge is 0.503 e. The smallest absolute Gasteiger partial charge is 0.293 e. The third kappa shape index (κ3) is 3.18. The van der Waals surface area contributed by atoms with Gasteiger partial charge in [-0.2, -0.15) is 0 Å². The van der Waals surface area contributed by atoms with Crippen LogP contribution in [-0.4, -0.2) is 34.8 Å². The Bertz CT molecular complexity index is 675. The molecule has 0 aliphatic carbocycles. The third-order valence-corrected chi connectivity index (χ3v) is 6.07. The van der Waals surface area contributed by atoms with Crippen LogP contribution in [0.1, 0.15) is 18.9 Å². The molecule has 0 bridgehead atoms. The molecule has 1 aromatic carbocycles. The number of methoxy groups -OCH3 is 1. The van der Waals surface area contributed by atoms with Crippen LogP contribution < -0.4 is 4.74 Å². The lowest BCUT2D eigenvalue weighted by atomic mass is 10.2. The summed E-state index contributed by atoms with van der Waals surface area (Å²) in [7, 11) is 1.44. The van der Waals surface area contributed by atoms with Crippen molar-refractivity contribution >= 4 is 60.8 Å². The van der Waals surface area contributed by atoms with Crippen molar-refractivity contribution in [2.75, 3.05) is 13.7 Å². The Morgan fingerprint density at radius 1 is 1.36 bits per heavy atom. The molecular weight excluding hydrogens is 438 g/mol. The van der Waals surface area contributed by atoms with E-state index in [9.17, 15) is 14.7 Å². The number of phenols is 1. The predicted molar refractivity (Wildman–Crippen MR) is 93.0 cm³/mol. The van der Waals surface area contributed by atoms with Gasteiger partial charge in [0.2, 0.25) is 0 Å². The molecule has 1 aliphatic heterocycles. The molecular formula is C14H13Br2NO4S. The number of benzene rings is 1. The van der Waals surface area contributed by atoms with Crippen LogP contribution in [0.3, 0.4) is 0 Å². The monoisotopic (exact) mass is 449 g/mol. The number of carbonyl (C=O) groups excluding carboxylic acids is 2. The zero-order chi connectivity index (χ0) is 16.4. The Morgan fingerprint density at radius 3 is 2.64 bits per heavy atom. The number of thioether (sulfide) groups is 1. The average molecular weight is 451 g/mol. The lowest BCUT2D eigenvalue weighted by Gasteiger charge is -2.11. The second-order valence-electron chi connectivity index (χ2n) is 4.48. The molecule has 1 aromatic rings. The molecule has 2 rings (SSSR count). The van der Waals surface area contributed by atoms with Gasteiger partial charge in [-0.05, 0) is 67.7 Å². The molecule has 0 atom stereocenters. The number of hydrogen-bond acceptors (Lipinski definition) is 5. The highest BCUT2D eigenvalue weighted by atomic mass is 79.9. The highest BCUT2D eigenvalue weighted by Gasteiger charge is 2.34. The van der Waals surface area contributed by atoms with Gasteiger partial charge in [-0.3, -0.25) is 14.5 Å². The molecule has 1 aliphatic rings. The number of imide groups is 1. The van der Waals surface area contributed by atoms with E-state index in [0.717, 1.165) is 11.8 Å². The molecule has 1 heterocycles. The number of ether oxygens (including phenoxy) is 1. The van der Waals surface area contributed by atoms with Gasteiger partial charge in [0.05, 0.1) is 16.5 Å². The Hall–Kier alpha value is -0.990. The second-order valence-corrected chi connectivity index (χ2v) is 7.06. The predicted octanol–water partition coefficient (Wildman–Crippen LogP) is 4.37. The van der Waals surface area contributed by atoms with E-state index in [-0.39, 0.29) is 22.6 Å². The number of amides is 2. The minimum Gasteiger partial charge on any atom is -0.503 e. The van der Waals surface area contributed by atoms with Gasteiger partial charge in [-0.25, -0.2) is 0 Å². The number of aromatic hydroxyl groups is 1. The maximum Gasteiger partial charge on any atom is 0.293 e. The first-order valence-electron chi connectivity index (χ1n) is 6.41. The van der Waals surface area contributed by atoms with Crippen LogP contribution in [0.5, 0.6) is 11.5 Å². The fourth-order valence-corrected chi connectivity index (χ4v) is 3.63. The molecule has 1 saturated heterocycles. The van der Waals surface area contributed by atoms with Crippen LogP contribution in [0, 0.1) is 0 Å². The van der Waals surface area contributed by atoms with E-state index in [0.29, 0.717) is 32.4 Å². The molecule has 1 N–H and O–H groups in total. The van der Waals surface area contributed by atoms with Crippen molar-refractivity contribution in [2.24, 2.45) is 0 Å². The van der Waals surface area contributed by atoms with Crippen molar-refractivity contribution in [2.45, 2.75) is 13.3 Å². The summed E-state index contributed by atoms with van der Waals surface area (Å²) in [5, 5.41) is 9.65. The quantitative estimate of drug-likeness (QED) is 0.689. The summed E-state index contributed by atoms with van der Waals surface area (Å²) in [6.45, 7) is 2.32. The standard InChI is InChI=1S/C14H13Br2NO4S/c1-3-4-17-13(19)9(22-14(17)20)6-7-5-8(21-2)12(18)11(16)10(7)15/h5-6,18H,3-4H2,1-2H3/b9-6+. The SMILES string of the molecule is CCCN1C(=O)S/C(=C/c2cc(OC)c(O)c(Br)c2Br)C1=O. The van der Waals surface area contributed by atoms with E-state index in [1.54, 1.807) is 12.1 Å². The van der Waals surface area contributed by atoms with Gasteiger partial charge < -0.3 is 9.84 Å². The highest BCUT2D eigenvalue weighted by molar-refractivity contribution is 9.13. The van der Waals surface area contributed by atoms with Gasteiger partial charge in [-0.15, -0.1) is 0 Å². The van der Waals surface area contributed by atoms with Crippen LogP contribution in [0.4, 0.5) is 4.79 Å². The van der Waals surface area contributed by atoms with E-state index in [2.05, 4.69) is 31.9 Å². The highest BCUT2D eigenvalue weighted by Crippen LogP contribution is 2.43. The van der Waals surface area contributed by atoms with Crippen LogP contribution in [-0.2, 0) is 4.79 Å². The van der Waals surface area contributed by atoms with E-state index in [1.165, 1.54) is 12.0 Å². The molecule has 118 valence electrons. The molecule has 5 nitrogen and oxygen atoms in total. The first-order valence-corrected chi connectivity index (χ1v) is 8.81. The molecule has 22 heavy (non-hydrogen) atoms. The number of hydrogen-bond donors (Lipinski definition) is 1. The molecule has 2 amide bonds. The first kappa shape index (κ1) is 17.4. The van der Waals surface area contributed by atoms with Gasteiger partial charge in [-0.1, -0.05) is 6.92 Å². The molecule has 0 radical (unpaired) electrons. The average Bonchev–Trinajstić information content (AvgIpc) is 2.76. The molecule has 0 unspecified atom stereocenters. The van der Waals surface area contributed by atoms with E-state index < -0.39 is 0 Å². The summed E-state index contributed by atoms with van der Waals surface area (Å²) in [5.74, 6) is -0.0633. The summed E-state index contributed by atoms with van der Waals surface area (Å²) in [6, 6.07) is 1.60. The summed E-state index contributed by atoms with van der Waals surface area (Å²) in [5.41, 5.74) is 0.628. The van der Waals surface area contributed by atoms with Crippen LogP contribution >= 0.6 is 43.6 Å². The zero-order valence-corrected chi connectivity index (χ0v) is 15.8.